The van der Waals surface area contributed by atoms with Crippen LogP contribution in [0, 0.1) is 6.92 Å². The topological polar surface area (TPSA) is 93.1 Å². The second-order valence-electron chi connectivity index (χ2n) is 6.08. The number of amides is 1. The second kappa shape index (κ2) is 7.98. The standard InChI is InChI=1S/C17H22N6O2/c1-12-8-14(21-15-9-18-5-6-19-15)22-17(20-12)13-4-3-7-23(10-13)16(24)11-25-2/h5-6,8-9,13H,3-4,7,10-11H2,1-2H3,(H,19,20,21,22)/t13-/m0/s1. The van der Waals surface area contributed by atoms with Crippen LogP contribution in [0.25, 0.3) is 0 Å². The summed E-state index contributed by atoms with van der Waals surface area (Å²) in [7, 11) is 1.54. The van der Waals surface area contributed by atoms with Crippen LogP contribution in [0.1, 0.15) is 30.3 Å². The zero-order chi connectivity index (χ0) is 17.6. The van der Waals surface area contributed by atoms with E-state index in [1.807, 2.05) is 17.9 Å². The van der Waals surface area contributed by atoms with Gasteiger partial charge < -0.3 is 15.0 Å². The highest BCUT2D eigenvalue weighted by Crippen LogP contribution is 2.26. The highest BCUT2D eigenvalue weighted by molar-refractivity contribution is 5.77. The number of hydrogen-bond donors (Lipinski definition) is 1. The van der Waals surface area contributed by atoms with Crippen LogP contribution in [0.15, 0.2) is 24.7 Å². The number of nitrogens with one attached hydrogen (secondary N) is 1. The van der Waals surface area contributed by atoms with E-state index in [2.05, 4.69) is 25.3 Å². The van der Waals surface area contributed by atoms with E-state index in [1.54, 1.807) is 18.6 Å². The third-order valence-corrected chi connectivity index (χ3v) is 4.10. The molecule has 2 aromatic heterocycles. The van der Waals surface area contributed by atoms with E-state index in [1.165, 1.54) is 7.11 Å². The summed E-state index contributed by atoms with van der Waals surface area (Å²) in [6.45, 7) is 3.43. The summed E-state index contributed by atoms with van der Waals surface area (Å²) in [5.41, 5.74) is 0.872. The van der Waals surface area contributed by atoms with Crippen LogP contribution in [-0.2, 0) is 9.53 Å². The Morgan fingerprint density at radius 2 is 2.24 bits per heavy atom. The first-order chi connectivity index (χ1) is 12.2. The molecule has 1 amide bonds. The van der Waals surface area contributed by atoms with E-state index >= 15 is 0 Å². The summed E-state index contributed by atoms with van der Waals surface area (Å²) in [6.07, 6.45) is 6.78. The van der Waals surface area contributed by atoms with Gasteiger partial charge in [0.05, 0.1) is 6.20 Å². The lowest BCUT2D eigenvalue weighted by Crippen LogP contribution is -2.41. The van der Waals surface area contributed by atoms with Crippen molar-refractivity contribution >= 4 is 17.5 Å². The molecule has 0 spiro atoms. The maximum atomic E-state index is 12.1. The fourth-order valence-electron chi connectivity index (χ4n) is 2.96. The monoisotopic (exact) mass is 342 g/mol. The number of carbonyl (C=O) groups is 1. The molecule has 1 aliphatic rings. The van der Waals surface area contributed by atoms with E-state index in [4.69, 9.17) is 4.74 Å². The molecule has 8 nitrogen and oxygen atoms in total. The minimum absolute atomic E-state index is 0.0118. The minimum Gasteiger partial charge on any atom is -0.375 e. The van der Waals surface area contributed by atoms with E-state index in [9.17, 15) is 4.79 Å². The lowest BCUT2D eigenvalue weighted by Gasteiger charge is -2.32. The summed E-state index contributed by atoms with van der Waals surface area (Å²) in [5, 5.41) is 3.15. The van der Waals surface area contributed by atoms with Gasteiger partial charge in [-0.1, -0.05) is 0 Å². The number of hydrogen-bond acceptors (Lipinski definition) is 7. The van der Waals surface area contributed by atoms with E-state index in [0.29, 0.717) is 18.2 Å². The molecule has 8 heteroatoms. The van der Waals surface area contributed by atoms with Crippen molar-refractivity contribution in [1.29, 1.82) is 0 Å². The molecule has 132 valence electrons. The molecular formula is C17H22N6O2. The highest BCUT2D eigenvalue weighted by Gasteiger charge is 2.26. The zero-order valence-corrected chi connectivity index (χ0v) is 14.5. The third kappa shape index (κ3) is 4.48. The molecule has 0 saturated carbocycles. The van der Waals surface area contributed by atoms with Crippen LogP contribution in [0.5, 0.6) is 0 Å². The Kier molecular flexibility index (Phi) is 5.49. The van der Waals surface area contributed by atoms with E-state index < -0.39 is 0 Å². The molecule has 0 aromatic carbocycles. The number of carbonyl (C=O) groups excluding carboxylic acids is 1. The quantitative estimate of drug-likeness (QED) is 0.883. The number of aromatic nitrogens is 4. The van der Waals surface area contributed by atoms with Gasteiger partial charge in [0.25, 0.3) is 0 Å². The molecule has 0 aliphatic carbocycles. The number of piperidine rings is 1. The van der Waals surface area contributed by atoms with Crippen molar-refractivity contribution in [2.24, 2.45) is 0 Å². The number of rotatable bonds is 5. The molecule has 3 rings (SSSR count). The van der Waals surface area contributed by atoms with Gasteiger partial charge >= 0.3 is 0 Å². The number of likely N-dealkylation sites (tertiary alicyclic amines) is 1. The van der Waals surface area contributed by atoms with Gasteiger partial charge in [-0.3, -0.25) is 9.78 Å². The number of methoxy groups -OCH3 is 1. The molecule has 0 unspecified atom stereocenters. The van der Waals surface area contributed by atoms with Crippen LogP contribution >= 0.6 is 0 Å². The maximum Gasteiger partial charge on any atom is 0.248 e. The summed E-state index contributed by atoms with van der Waals surface area (Å²) in [6, 6.07) is 1.87. The Bertz CT molecular complexity index is 724. The Morgan fingerprint density at radius 1 is 1.36 bits per heavy atom. The summed E-state index contributed by atoms with van der Waals surface area (Å²) in [5.74, 6) is 2.20. The van der Waals surface area contributed by atoms with E-state index in [0.717, 1.165) is 30.9 Å². The van der Waals surface area contributed by atoms with Crippen LogP contribution < -0.4 is 5.32 Å². The first-order valence-corrected chi connectivity index (χ1v) is 8.31. The summed E-state index contributed by atoms with van der Waals surface area (Å²) in [4.78, 5) is 31.4. The fraction of sp³-hybridized carbons (Fsp3) is 0.471. The lowest BCUT2D eigenvalue weighted by atomic mass is 9.97. The average Bonchev–Trinajstić information content (AvgIpc) is 2.62. The summed E-state index contributed by atoms with van der Waals surface area (Å²) < 4.78 is 4.96. The largest absolute Gasteiger partial charge is 0.375 e. The number of nitrogens with zero attached hydrogens (tertiary/aromatic N) is 5. The summed E-state index contributed by atoms with van der Waals surface area (Å²) >= 11 is 0. The van der Waals surface area contributed by atoms with Crippen molar-refractivity contribution in [1.82, 2.24) is 24.8 Å². The van der Waals surface area contributed by atoms with Crippen molar-refractivity contribution in [2.45, 2.75) is 25.7 Å². The predicted molar refractivity (Wildman–Crippen MR) is 92.5 cm³/mol. The lowest BCUT2D eigenvalue weighted by molar-refractivity contribution is -0.136. The highest BCUT2D eigenvalue weighted by atomic mass is 16.5. The smallest absolute Gasteiger partial charge is 0.248 e. The first kappa shape index (κ1) is 17.2. The Hall–Kier alpha value is -2.61. The van der Waals surface area contributed by atoms with Crippen molar-refractivity contribution < 1.29 is 9.53 Å². The molecule has 3 heterocycles. The molecule has 1 N–H and O–H groups in total. The maximum absolute atomic E-state index is 12.1. The molecule has 1 saturated heterocycles. The van der Waals surface area contributed by atoms with Gasteiger partial charge in [0, 0.05) is 50.3 Å². The second-order valence-corrected chi connectivity index (χ2v) is 6.08. The molecule has 0 bridgehead atoms. The number of ether oxygens (including phenoxy) is 1. The van der Waals surface area contributed by atoms with Gasteiger partial charge in [-0.2, -0.15) is 0 Å². The average molecular weight is 342 g/mol. The van der Waals surface area contributed by atoms with Crippen LogP contribution in [0.2, 0.25) is 0 Å². The van der Waals surface area contributed by atoms with Gasteiger partial charge in [0.1, 0.15) is 24.1 Å². The van der Waals surface area contributed by atoms with Gasteiger partial charge in [-0.25, -0.2) is 15.0 Å². The van der Waals surface area contributed by atoms with Gasteiger partial charge in [0.2, 0.25) is 5.91 Å². The minimum atomic E-state index is 0.0118. The van der Waals surface area contributed by atoms with Gasteiger partial charge in [-0.15, -0.1) is 0 Å². The molecule has 0 radical (unpaired) electrons. The van der Waals surface area contributed by atoms with Crippen molar-refractivity contribution in [3.05, 3.63) is 36.2 Å². The van der Waals surface area contributed by atoms with Gasteiger partial charge in [-0.05, 0) is 19.8 Å². The van der Waals surface area contributed by atoms with Crippen molar-refractivity contribution in [3.8, 4) is 0 Å². The molecular weight excluding hydrogens is 320 g/mol. The predicted octanol–water partition coefficient (Wildman–Crippen LogP) is 1.67. The SMILES string of the molecule is COCC(=O)N1CCC[C@H](c2nc(C)cc(Nc3cnccn3)n2)C1. The normalized spacial score (nSPS) is 17.4. The first-order valence-electron chi connectivity index (χ1n) is 8.31. The van der Waals surface area contributed by atoms with Gasteiger partial charge in [0.15, 0.2) is 0 Å². The Labute approximate surface area is 146 Å². The van der Waals surface area contributed by atoms with Crippen LogP contribution in [-0.4, -0.2) is 57.5 Å². The molecule has 25 heavy (non-hydrogen) atoms. The number of aryl methyl sites for hydroxylation is 1. The van der Waals surface area contributed by atoms with Crippen molar-refractivity contribution in [2.75, 3.05) is 32.1 Å². The molecule has 1 fully saturated rings. The Balaban J connectivity index is 1.76. The zero-order valence-electron chi connectivity index (χ0n) is 14.5. The third-order valence-electron chi connectivity index (χ3n) is 4.10. The fourth-order valence-corrected chi connectivity index (χ4v) is 2.96. The molecule has 2 aromatic rings. The van der Waals surface area contributed by atoms with Crippen LogP contribution in [0.4, 0.5) is 11.6 Å². The number of anilines is 2. The molecule has 1 aliphatic heterocycles. The van der Waals surface area contributed by atoms with E-state index in [-0.39, 0.29) is 18.4 Å². The van der Waals surface area contributed by atoms with Crippen molar-refractivity contribution in [3.63, 3.8) is 0 Å². The molecule has 1 atom stereocenters. The van der Waals surface area contributed by atoms with Crippen LogP contribution in [0.3, 0.4) is 0 Å². The Morgan fingerprint density at radius 3 is 3.00 bits per heavy atom.